The second kappa shape index (κ2) is 4.06. The summed E-state index contributed by atoms with van der Waals surface area (Å²) in [5, 5.41) is 5.09. The number of rotatable bonds is 2. The fraction of sp³-hybridized carbons (Fsp3) is 0.500. The van der Waals surface area contributed by atoms with Gasteiger partial charge in [-0.15, -0.1) is 23.1 Å². The van der Waals surface area contributed by atoms with Crippen molar-refractivity contribution < 1.29 is 13.2 Å². The molecule has 2 heterocycles. The van der Waals surface area contributed by atoms with E-state index in [9.17, 15) is 8.42 Å². The van der Waals surface area contributed by atoms with Gasteiger partial charge in [-0.25, -0.2) is 13.6 Å². The number of nitrogens with two attached hydrogens (primary N) is 1. The molecule has 2 N–H and O–H groups in total. The Bertz CT molecular complexity index is 465. The SMILES string of the molecule is COC1CCSc2sc(S(N)(=O)=O)cc21. The van der Waals surface area contributed by atoms with E-state index in [0.717, 1.165) is 21.9 Å². The Labute approximate surface area is 96.9 Å². The van der Waals surface area contributed by atoms with Crippen molar-refractivity contribution in [1.82, 2.24) is 0 Å². The topological polar surface area (TPSA) is 69.4 Å². The van der Waals surface area contributed by atoms with E-state index in [4.69, 9.17) is 9.88 Å². The minimum absolute atomic E-state index is 0.00741. The van der Waals surface area contributed by atoms with Crippen LogP contribution in [0.2, 0.25) is 0 Å². The molecule has 4 nitrogen and oxygen atoms in total. The Morgan fingerprint density at radius 3 is 2.93 bits per heavy atom. The highest BCUT2D eigenvalue weighted by molar-refractivity contribution is 8.01. The lowest BCUT2D eigenvalue weighted by molar-refractivity contribution is 0.0980. The number of thiophene rings is 1. The van der Waals surface area contributed by atoms with Gasteiger partial charge >= 0.3 is 0 Å². The molecule has 0 radical (unpaired) electrons. The number of methoxy groups -OCH3 is 1. The van der Waals surface area contributed by atoms with Crippen molar-refractivity contribution in [2.45, 2.75) is 20.9 Å². The molecule has 0 amide bonds. The van der Waals surface area contributed by atoms with Gasteiger partial charge in [-0.05, 0) is 12.5 Å². The maximum Gasteiger partial charge on any atom is 0.247 e. The summed E-state index contributed by atoms with van der Waals surface area (Å²) in [5.74, 6) is 0.954. The predicted octanol–water partition coefficient (Wildman–Crippen LogP) is 1.58. The fourth-order valence-corrected chi connectivity index (χ4v) is 4.97. The van der Waals surface area contributed by atoms with Crippen molar-refractivity contribution in [3.8, 4) is 0 Å². The molecule has 15 heavy (non-hydrogen) atoms. The highest BCUT2D eigenvalue weighted by Crippen LogP contribution is 2.44. The van der Waals surface area contributed by atoms with Crippen LogP contribution in [0.5, 0.6) is 0 Å². The van der Waals surface area contributed by atoms with Gasteiger partial charge in [0.15, 0.2) is 0 Å². The van der Waals surface area contributed by atoms with Crippen molar-refractivity contribution in [2.75, 3.05) is 12.9 Å². The van der Waals surface area contributed by atoms with E-state index >= 15 is 0 Å². The fourth-order valence-electron chi connectivity index (χ4n) is 1.50. The summed E-state index contributed by atoms with van der Waals surface area (Å²) in [4.78, 5) is 0. The molecule has 1 aromatic rings. The van der Waals surface area contributed by atoms with Gasteiger partial charge in [0, 0.05) is 18.4 Å². The second-order valence-electron chi connectivity index (χ2n) is 3.21. The van der Waals surface area contributed by atoms with E-state index in [0.29, 0.717) is 0 Å². The Hall–Kier alpha value is -0.0800. The van der Waals surface area contributed by atoms with Crippen LogP contribution in [0.3, 0.4) is 0 Å². The molecular formula is C8H11NO3S3. The van der Waals surface area contributed by atoms with Gasteiger partial charge in [-0.2, -0.15) is 0 Å². The molecule has 0 bridgehead atoms. The molecule has 0 aromatic carbocycles. The monoisotopic (exact) mass is 265 g/mol. The van der Waals surface area contributed by atoms with Crippen LogP contribution in [-0.4, -0.2) is 21.3 Å². The number of thioether (sulfide) groups is 1. The van der Waals surface area contributed by atoms with E-state index in [2.05, 4.69) is 0 Å². The number of fused-ring (bicyclic) bond motifs is 1. The Morgan fingerprint density at radius 2 is 2.33 bits per heavy atom. The first-order valence-corrected chi connectivity index (χ1v) is 7.69. The Morgan fingerprint density at radius 1 is 1.60 bits per heavy atom. The summed E-state index contributed by atoms with van der Waals surface area (Å²) in [6.07, 6.45) is 0.919. The van der Waals surface area contributed by atoms with Crippen LogP contribution in [0.15, 0.2) is 14.5 Å². The molecule has 0 fully saturated rings. The first-order chi connectivity index (χ1) is 7.02. The van der Waals surface area contributed by atoms with E-state index in [1.807, 2.05) is 0 Å². The van der Waals surface area contributed by atoms with Gasteiger partial charge in [0.1, 0.15) is 4.21 Å². The Kier molecular flexibility index (Phi) is 3.09. The first kappa shape index (κ1) is 11.4. The molecule has 0 aliphatic carbocycles. The van der Waals surface area contributed by atoms with Crippen LogP contribution in [0.25, 0.3) is 0 Å². The summed E-state index contributed by atoms with van der Waals surface area (Å²) in [7, 11) is -1.94. The first-order valence-electron chi connectivity index (χ1n) is 4.34. The second-order valence-corrected chi connectivity index (χ2v) is 7.42. The zero-order chi connectivity index (χ0) is 11.1. The molecule has 7 heteroatoms. The van der Waals surface area contributed by atoms with Gasteiger partial charge in [-0.1, -0.05) is 0 Å². The van der Waals surface area contributed by atoms with Crippen molar-refractivity contribution >= 4 is 33.1 Å². The maximum absolute atomic E-state index is 11.2. The molecule has 1 atom stereocenters. The summed E-state index contributed by atoms with van der Waals surface area (Å²) in [6.45, 7) is 0. The van der Waals surface area contributed by atoms with Crippen molar-refractivity contribution in [3.05, 3.63) is 11.6 Å². The van der Waals surface area contributed by atoms with Gasteiger partial charge in [-0.3, -0.25) is 0 Å². The largest absolute Gasteiger partial charge is 0.377 e. The molecule has 1 aliphatic rings. The molecule has 0 saturated heterocycles. The highest BCUT2D eigenvalue weighted by Gasteiger charge is 2.26. The third kappa shape index (κ3) is 2.21. The zero-order valence-electron chi connectivity index (χ0n) is 8.10. The van der Waals surface area contributed by atoms with Gasteiger partial charge in [0.05, 0.1) is 10.3 Å². The average molecular weight is 265 g/mol. The minimum atomic E-state index is -3.58. The molecule has 1 aromatic heterocycles. The van der Waals surface area contributed by atoms with E-state index in [1.165, 1.54) is 11.3 Å². The van der Waals surface area contributed by atoms with E-state index in [-0.39, 0.29) is 10.3 Å². The molecule has 1 unspecified atom stereocenters. The third-order valence-electron chi connectivity index (χ3n) is 2.23. The highest BCUT2D eigenvalue weighted by atomic mass is 32.3. The van der Waals surface area contributed by atoms with Crippen LogP contribution in [0.4, 0.5) is 0 Å². The lowest BCUT2D eigenvalue weighted by Crippen LogP contribution is -2.10. The normalized spacial score (nSPS) is 21.3. The van der Waals surface area contributed by atoms with Gasteiger partial charge in [0.25, 0.3) is 0 Å². The number of hydrogen-bond donors (Lipinski definition) is 1. The lowest BCUT2D eigenvalue weighted by atomic mass is 10.1. The molecular weight excluding hydrogens is 254 g/mol. The summed E-state index contributed by atoms with van der Waals surface area (Å²) < 4.78 is 28.9. The quantitative estimate of drug-likeness (QED) is 0.881. The van der Waals surface area contributed by atoms with Gasteiger partial charge in [0.2, 0.25) is 10.0 Å². The van der Waals surface area contributed by atoms with Crippen LogP contribution >= 0.6 is 23.1 Å². The average Bonchev–Trinajstić information content (AvgIpc) is 2.59. The predicted molar refractivity (Wildman–Crippen MR) is 60.8 cm³/mol. The number of hydrogen-bond acceptors (Lipinski definition) is 5. The van der Waals surface area contributed by atoms with Gasteiger partial charge < -0.3 is 4.74 Å². The van der Waals surface area contributed by atoms with Crippen LogP contribution in [-0.2, 0) is 14.8 Å². The summed E-state index contributed by atoms with van der Waals surface area (Å²) in [6, 6.07) is 1.63. The Balaban J connectivity index is 2.46. The van der Waals surface area contributed by atoms with E-state index < -0.39 is 10.0 Å². The van der Waals surface area contributed by atoms with Crippen molar-refractivity contribution in [3.63, 3.8) is 0 Å². The van der Waals surface area contributed by atoms with E-state index in [1.54, 1.807) is 24.9 Å². The number of primary sulfonamides is 1. The molecule has 1 aliphatic heterocycles. The standard InChI is InChI=1S/C8H11NO3S3/c1-12-6-2-3-13-8-5(6)4-7(14-8)15(9,10)11/h4,6H,2-3H2,1H3,(H2,9,10,11). The molecule has 2 rings (SSSR count). The van der Waals surface area contributed by atoms with Crippen LogP contribution in [0.1, 0.15) is 18.1 Å². The number of ether oxygens (including phenoxy) is 1. The smallest absolute Gasteiger partial charge is 0.247 e. The van der Waals surface area contributed by atoms with Crippen molar-refractivity contribution in [2.24, 2.45) is 5.14 Å². The molecule has 0 spiro atoms. The zero-order valence-corrected chi connectivity index (χ0v) is 10.5. The van der Waals surface area contributed by atoms with Crippen LogP contribution < -0.4 is 5.14 Å². The maximum atomic E-state index is 11.2. The number of sulfonamides is 1. The molecule has 0 saturated carbocycles. The van der Waals surface area contributed by atoms with Crippen LogP contribution in [0, 0.1) is 0 Å². The third-order valence-corrected chi connectivity index (χ3v) is 6.13. The molecule has 84 valence electrons. The summed E-state index contributed by atoms with van der Waals surface area (Å²) in [5.41, 5.74) is 0.961. The van der Waals surface area contributed by atoms with Crippen molar-refractivity contribution in [1.29, 1.82) is 0 Å². The lowest BCUT2D eigenvalue weighted by Gasteiger charge is -2.19. The minimum Gasteiger partial charge on any atom is -0.377 e. The summed E-state index contributed by atoms with van der Waals surface area (Å²) >= 11 is 2.89.